The van der Waals surface area contributed by atoms with Crippen LogP contribution in [-0.4, -0.2) is 24.8 Å². The number of fused-ring (bicyclic) bond motifs is 1. The second-order valence-corrected chi connectivity index (χ2v) is 8.31. The van der Waals surface area contributed by atoms with Gasteiger partial charge in [-0.2, -0.15) is 0 Å². The Hall–Kier alpha value is -0.0800. The minimum Gasteiger partial charge on any atom is -0.375 e. The normalized spacial score (nSPS) is 42.1. The highest BCUT2D eigenvalue weighted by Crippen LogP contribution is 2.61. The van der Waals surface area contributed by atoms with E-state index in [2.05, 4.69) is 12.2 Å². The molecule has 4 fully saturated rings. The Morgan fingerprint density at radius 2 is 1.86 bits per heavy atom. The summed E-state index contributed by atoms with van der Waals surface area (Å²) >= 11 is 0. The Kier molecular flexibility index (Phi) is 4.04. The summed E-state index contributed by atoms with van der Waals surface area (Å²) in [7, 11) is 0. The SMILES string of the molecule is CCCNC(C1CCOC2(CCCC2)C1)C1C2CCCC21. The van der Waals surface area contributed by atoms with Crippen molar-refractivity contribution in [3.63, 3.8) is 0 Å². The fraction of sp³-hybridized carbons (Fsp3) is 1.00. The molecule has 4 rings (SSSR count). The van der Waals surface area contributed by atoms with Crippen LogP contribution in [0.5, 0.6) is 0 Å². The van der Waals surface area contributed by atoms with Crippen LogP contribution in [0.25, 0.3) is 0 Å². The Morgan fingerprint density at radius 1 is 1.10 bits per heavy atom. The van der Waals surface area contributed by atoms with E-state index in [1.54, 1.807) is 0 Å². The third kappa shape index (κ3) is 2.67. The van der Waals surface area contributed by atoms with Crippen LogP contribution in [0.3, 0.4) is 0 Å². The van der Waals surface area contributed by atoms with Crippen molar-refractivity contribution in [2.24, 2.45) is 23.7 Å². The maximum Gasteiger partial charge on any atom is 0.0685 e. The fourth-order valence-electron chi connectivity index (χ4n) is 6.08. The summed E-state index contributed by atoms with van der Waals surface area (Å²) in [5, 5.41) is 3.98. The van der Waals surface area contributed by atoms with Crippen molar-refractivity contribution in [2.75, 3.05) is 13.2 Å². The summed E-state index contributed by atoms with van der Waals surface area (Å²) in [6.45, 7) is 4.54. The van der Waals surface area contributed by atoms with Gasteiger partial charge in [0.25, 0.3) is 0 Å². The van der Waals surface area contributed by atoms with Crippen LogP contribution in [0.4, 0.5) is 0 Å². The zero-order chi connectivity index (χ0) is 14.3. The largest absolute Gasteiger partial charge is 0.375 e. The number of hydrogen-bond acceptors (Lipinski definition) is 2. The molecular weight excluding hydrogens is 258 g/mol. The molecule has 0 aromatic heterocycles. The van der Waals surface area contributed by atoms with Crippen molar-refractivity contribution in [1.82, 2.24) is 5.32 Å². The van der Waals surface area contributed by atoms with Gasteiger partial charge in [-0.1, -0.05) is 26.2 Å². The summed E-state index contributed by atoms with van der Waals surface area (Å²) in [6.07, 6.45) is 13.9. The first-order chi connectivity index (χ1) is 10.3. The number of rotatable bonds is 5. The highest BCUT2D eigenvalue weighted by Gasteiger charge is 2.58. The van der Waals surface area contributed by atoms with Crippen molar-refractivity contribution in [2.45, 2.75) is 82.8 Å². The van der Waals surface area contributed by atoms with Gasteiger partial charge in [-0.05, 0) is 75.2 Å². The number of ether oxygens (including phenoxy) is 1. The topological polar surface area (TPSA) is 21.3 Å². The van der Waals surface area contributed by atoms with E-state index in [0.717, 1.165) is 36.3 Å². The second-order valence-electron chi connectivity index (χ2n) is 8.31. The zero-order valence-electron chi connectivity index (χ0n) is 13.8. The first-order valence-electron chi connectivity index (χ1n) is 9.70. The summed E-state index contributed by atoms with van der Waals surface area (Å²) in [5.74, 6) is 4.08. The van der Waals surface area contributed by atoms with E-state index in [1.165, 1.54) is 70.8 Å². The molecule has 4 atom stereocenters. The van der Waals surface area contributed by atoms with E-state index in [0.29, 0.717) is 5.60 Å². The zero-order valence-corrected chi connectivity index (χ0v) is 13.8. The van der Waals surface area contributed by atoms with Gasteiger partial charge in [0, 0.05) is 12.6 Å². The Bertz CT molecular complexity index is 353. The third-order valence-corrected chi connectivity index (χ3v) is 7.07. The van der Waals surface area contributed by atoms with Gasteiger partial charge in [-0.15, -0.1) is 0 Å². The van der Waals surface area contributed by atoms with Crippen molar-refractivity contribution in [1.29, 1.82) is 0 Å². The minimum absolute atomic E-state index is 0.291. The monoisotopic (exact) mass is 291 g/mol. The number of nitrogens with one attached hydrogen (secondary N) is 1. The maximum absolute atomic E-state index is 6.28. The van der Waals surface area contributed by atoms with Crippen LogP contribution < -0.4 is 5.32 Å². The lowest BCUT2D eigenvalue weighted by Crippen LogP contribution is -2.47. The van der Waals surface area contributed by atoms with Gasteiger partial charge in [0.05, 0.1) is 5.60 Å². The molecule has 4 unspecified atom stereocenters. The molecule has 3 aliphatic carbocycles. The molecule has 120 valence electrons. The Morgan fingerprint density at radius 3 is 2.57 bits per heavy atom. The molecule has 3 saturated carbocycles. The Labute approximate surface area is 130 Å². The molecule has 0 aromatic carbocycles. The van der Waals surface area contributed by atoms with E-state index in [1.807, 2.05) is 0 Å². The maximum atomic E-state index is 6.28. The van der Waals surface area contributed by atoms with Crippen molar-refractivity contribution < 1.29 is 4.74 Å². The molecule has 2 heteroatoms. The first-order valence-corrected chi connectivity index (χ1v) is 9.70. The molecule has 1 spiro atoms. The van der Waals surface area contributed by atoms with E-state index in [4.69, 9.17) is 4.74 Å². The van der Waals surface area contributed by atoms with Crippen molar-refractivity contribution in [3.8, 4) is 0 Å². The van der Waals surface area contributed by atoms with Crippen LogP contribution in [0.1, 0.15) is 71.1 Å². The third-order valence-electron chi connectivity index (χ3n) is 7.07. The van der Waals surface area contributed by atoms with Gasteiger partial charge in [0.1, 0.15) is 0 Å². The van der Waals surface area contributed by atoms with Gasteiger partial charge in [0.2, 0.25) is 0 Å². The van der Waals surface area contributed by atoms with Gasteiger partial charge >= 0.3 is 0 Å². The fourth-order valence-corrected chi connectivity index (χ4v) is 6.08. The number of hydrogen-bond donors (Lipinski definition) is 1. The van der Waals surface area contributed by atoms with Crippen LogP contribution in [0.15, 0.2) is 0 Å². The molecule has 0 radical (unpaired) electrons. The molecule has 1 aliphatic heterocycles. The van der Waals surface area contributed by atoms with Crippen LogP contribution in [0.2, 0.25) is 0 Å². The van der Waals surface area contributed by atoms with E-state index in [9.17, 15) is 0 Å². The molecule has 0 bridgehead atoms. The lowest BCUT2D eigenvalue weighted by molar-refractivity contribution is -0.0995. The molecule has 1 saturated heterocycles. The smallest absolute Gasteiger partial charge is 0.0685 e. The van der Waals surface area contributed by atoms with E-state index < -0.39 is 0 Å². The average Bonchev–Trinajstić information content (AvgIpc) is 2.87. The lowest BCUT2D eigenvalue weighted by atomic mass is 9.78. The molecule has 21 heavy (non-hydrogen) atoms. The van der Waals surface area contributed by atoms with Gasteiger partial charge in [0.15, 0.2) is 0 Å². The molecule has 1 N–H and O–H groups in total. The van der Waals surface area contributed by atoms with Crippen LogP contribution in [-0.2, 0) is 4.74 Å². The molecular formula is C19H33NO. The second kappa shape index (κ2) is 5.85. The molecule has 0 aromatic rings. The summed E-state index contributed by atoms with van der Waals surface area (Å²) in [4.78, 5) is 0. The Balaban J connectivity index is 1.44. The van der Waals surface area contributed by atoms with Crippen molar-refractivity contribution >= 4 is 0 Å². The van der Waals surface area contributed by atoms with Crippen molar-refractivity contribution in [3.05, 3.63) is 0 Å². The molecule has 2 nitrogen and oxygen atoms in total. The lowest BCUT2D eigenvalue weighted by Gasteiger charge is -2.42. The van der Waals surface area contributed by atoms with Gasteiger partial charge in [-0.3, -0.25) is 0 Å². The average molecular weight is 291 g/mol. The predicted molar refractivity (Wildman–Crippen MR) is 86.3 cm³/mol. The summed E-state index contributed by atoms with van der Waals surface area (Å²) in [6, 6.07) is 0.807. The van der Waals surface area contributed by atoms with Crippen LogP contribution >= 0.6 is 0 Å². The highest BCUT2D eigenvalue weighted by atomic mass is 16.5. The molecule has 4 aliphatic rings. The highest BCUT2D eigenvalue weighted by molar-refractivity contribution is 5.09. The summed E-state index contributed by atoms with van der Waals surface area (Å²) < 4.78 is 6.28. The van der Waals surface area contributed by atoms with Gasteiger partial charge in [-0.25, -0.2) is 0 Å². The quantitative estimate of drug-likeness (QED) is 0.822. The minimum atomic E-state index is 0.291. The first kappa shape index (κ1) is 14.5. The molecule has 1 heterocycles. The van der Waals surface area contributed by atoms with Gasteiger partial charge < -0.3 is 10.1 Å². The van der Waals surface area contributed by atoms with E-state index in [-0.39, 0.29) is 0 Å². The predicted octanol–water partition coefficient (Wildman–Crippen LogP) is 4.14. The standard InChI is InChI=1S/C19H33NO/c1-2-11-20-18(17-15-6-5-7-16(15)17)14-8-12-21-19(13-14)9-3-4-10-19/h14-18,20H,2-13H2,1H3. The molecule has 0 amide bonds. The van der Waals surface area contributed by atoms with Crippen LogP contribution in [0, 0.1) is 23.7 Å². The summed E-state index contributed by atoms with van der Waals surface area (Å²) in [5.41, 5.74) is 0.291. The van der Waals surface area contributed by atoms with E-state index >= 15 is 0 Å².